The maximum atomic E-state index is 12.3. The summed E-state index contributed by atoms with van der Waals surface area (Å²) in [6.07, 6.45) is 3.37. The highest BCUT2D eigenvalue weighted by Crippen LogP contribution is 2.40. The molecule has 1 heterocycles. The first-order valence-corrected chi connectivity index (χ1v) is 9.44. The normalized spacial score (nSPS) is 13.8. The number of amides is 1. The van der Waals surface area contributed by atoms with Crippen LogP contribution in [0.25, 0.3) is 11.1 Å². The molecule has 3 aromatic rings. The lowest BCUT2D eigenvalue weighted by molar-refractivity contribution is -0.116. The number of carbonyl (C=O) groups is 1. The molecule has 134 valence electrons. The van der Waals surface area contributed by atoms with Crippen LogP contribution < -0.4 is 10.1 Å². The van der Waals surface area contributed by atoms with Gasteiger partial charge in [0, 0.05) is 18.0 Å². The first-order valence-electron chi connectivity index (χ1n) is 8.65. The molecule has 1 N–H and O–H groups in total. The van der Waals surface area contributed by atoms with E-state index in [-0.39, 0.29) is 5.91 Å². The minimum absolute atomic E-state index is 0.0257. The van der Waals surface area contributed by atoms with Gasteiger partial charge in [-0.25, -0.2) is 4.98 Å². The first kappa shape index (κ1) is 17.1. The molecule has 4 rings (SSSR count). The van der Waals surface area contributed by atoms with Gasteiger partial charge in [0.2, 0.25) is 5.91 Å². The molecule has 1 amide bonds. The average molecular weight is 415 g/mol. The number of fused-ring (bicyclic) bond motifs is 1. The molecular formula is C20H19BrN2O3. The van der Waals surface area contributed by atoms with Gasteiger partial charge in [-0.15, -0.1) is 0 Å². The predicted octanol–water partition coefficient (Wildman–Crippen LogP) is 5.05. The Labute approximate surface area is 159 Å². The zero-order chi connectivity index (χ0) is 18.1. The van der Waals surface area contributed by atoms with Gasteiger partial charge in [-0.05, 0) is 71.1 Å². The lowest BCUT2D eigenvalue weighted by Gasteiger charge is -2.07. The Bertz CT molecular complexity index is 963. The van der Waals surface area contributed by atoms with Crippen molar-refractivity contribution in [2.75, 3.05) is 12.4 Å². The summed E-state index contributed by atoms with van der Waals surface area (Å²) in [6, 6.07) is 11.4. The molecule has 0 unspecified atom stereocenters. The van der Waals surface area contributed by atoms with Crippen LogP contribution in [0.15, 0.2) is 45.3 Å². The fraction of sp³-hybridized carbons (Fsp3) is 0.300. The number of hydrogen-bond donors (Lipinski definition) is 1. The van der Waals surface area contributed by atoms with Crippen molar-refractivity contribution in [2.24, 2.45) is 0 Å². The topological polar surface area (TPSA) is 64.4 Å². The molecule has 0 saturated heterocycles. The molecule has 0 atom stereocenters. The maximum Gasteiger partial charge on any atom is 0.224 e. The zero-order valence-electron chi connectivity index (χ0n) is 14.4. The number of rotatable bonds is 6. The lowest BCUT2D eigenvalue weighted by atomic mass is 10.1. The number of ether oxygens (including phenoxy) is 1. The predicted molar refractivity (Wildman–Crippen MR) is 104 cm³/mol. The number of nitrogens with zero attached hydrogens (tertiary/aromatic N) is 1. The molecule has 1 saturated carbocycles. The summed E-state index contributed by atoms with van der Waals surface area (Å²) in [4.78, 5) is 16.8. The number of methoxy groups -OCH3 is 1. The molecule has 1 aromatic heterocycles. The van der Waals surface area contributed by atoms with E-state index in [0.29, 0.717) is 18.8 Å². The van der Waals surface area contributed by atoms with E-state index in [1.54, 1.807) is 7.11 Å². The molecular weight excluding hydrogens is 396 g/mol. The van der Waals surface area contributed by atoms with E-state index in [9.17, 15) is 4.79 Å². The van der Waals surface area contributed by atoms with E-state index >= 15 is 0 Å². The molecule has 26 heavy (non-hydrogen) atoms. The second-order valence-electron chi connectivity index (χ2n) is 6.53. The highest BCUT2D eigenvalue weighted by atomic mass is 79.9. The summed E-state index contributed by atoms with van der Waals surface area (Å²) in [5.41, 5.74) is 3.39. The summed E-state index contributed by atoms with van der Waals surface area (Å²) in [5, 5.41) is 2.94. The summed E-state index contributed by atoms with van der Waals surface area (Å²) in [5.74, 6) is 2.05. The van der Waals surface area contributed by atoms with Crippen LogP contribution in [0.4, 0.5) is 5.69 Å². The maximum absolute atomic E-state index is 12.3. The van der Waals surface area contributed by atoms with Crippen LogP contribution >= 0.6 is 15.9 Å². The van der Waals surface area contributed by atoms with Crippen molar-refractivity contribution in [2.45, 2.75) is 31.6 Å². The van der Waals surface area contributed by atoms with Crippen LogP contribution in [0.2, 0.25) is 0 Å². The lowest BCUT2D eigenvalue weighted by Crippen LogP contribution is -2.12. The Morgan fingerprint density at radius 1 is 1.31 bits per heavy atom. The van der Waals surface area contributed by atoms with Crippen LogP contribution in [0.3, 0.4) is 0 Å². The van der Waals surface area contributed by atoms with Crippen LogP contribution in [0.1, 0.15) is 36.6 Å². The number of anilines is 1. The first-order chi connectivity index (χ1) is 12.6. The van der Waals surface area contributed by atoms with E-state index in [1.165, 1.54) is 0 Å². The number of halogens is 1. The van der Waals surface area contributed by atoms with Crippen LogP contribution in [0, 0.1) is 0 Å². The Kier molecular flexibility index (Phi) is 4.68. The Morgan fingerprint density at radius 2 is 2.15 bits per heavy atom. The number of nitrogens with one attached hydrogen (secondary N) is 1. The van der Waals surface area contributed by atoms with Crippen molar-refractivity contribution in [3.05, 3.63) is 52.3 Å². The van der Waals surface area contributed by atoms with Gasteiger partial charge >= 0.3 is 0 Å². The van der Waals surface area contributed by atoms with Crippen molar-refractivity contribution in [3.63, 3.8) is 0 Å². The van der Waals surface area contributed by atoms with E-state index in [2.05, 4.69) is 26.2 Å². The Hall–Kier alpha value is -2.34. The number of carbonyl (C=O) groups excluding carboxylic acids is 1. The standard InChI is InChI=1S/C20H19BrN2O3/c1-25-17-7-2-12(10-15(17)21)3-9-19(24)22-14-6-8-18-16(11-14)23-20(26-18)13-4-5-13/h2,6-8,10-11,13H,3-5,9H2,1H3,(H,22,24). The largest absolute Gasteiger partial charge is 0.496 e. The minimum atomic E-state index is -0.0257. The van der Waals surface area contributed by atoms with Gasteiger partial charge < -0.3 is 14.5 Å². The van der Waals surface area contributed by atoms with Gasteiger partial charge in [0.15, 0.2) is 11.5 Å². The SMILES string of the molecule is COc1ccc(CCC(=O)Nc2ccc3oc(C4CC4)nc3c2)cc1Br. The number of aryl methyl sites for hydroxylation is 1. The second-order valence-corrected chi connectivity index (χ2v) is 7.38. The number of hydrogen-bond acceptors (Lipinski definition) is 4. The third-order valence-corrected chi connectivity index (χ3v) is 5.09. The van der Waals surface area contributed by atoms with Crippen molar-refractivity contribution >= 4 is 38.6 Å². The zero-order valence-corrected chi connectivity index (χ0v) is 16.0. The molecule has 1 fully saturated rings. The summed E-state index contributed by atoms with van der Waals surface area (Å²) < 4.78 is 11.9. The van der Waals surface area contributed by atoms with E-state index in [4.69, 9.17) is 9.15 Å². The smallest absolute Gasteiger partial charge is 0.224 e. The van der Waals surface area contributed by atoms with Gasteiger partial charge in [-0.2, -0.15) is 0 Å². The molecule has 6 heteroatoms. The highest BCUT2D eigenvalue weighted by molar-refractivity contribution is 9.10. The Balaban J connectivity index is 1.38. The highest BCUT2D eigenvalue weighted by Gasteiger charge is 2.28. The van der Waals surface area contributed by atoms with E-state index in [0.717, 1.165) is 51.3 Å². The van der Waals surface area contributed by atoms with Crippen molar-refractivity contribution < 1.29 is 13.9 Å². The summed E-state index contributed by atoms with van der Waals surface area (Å²) in [6.45, 7) is 0. The second kappa shape index (κ2) is 7.11. The quantitative estimate of drug-likeness (QED) is 0.612. The van der Waals surface area contributed by atoms with E-state index in [1.807, 2.05) is 36.4 Å². The van der Waals surface area contributed by atoms with Crippen molar-refractivity contribution in [1.82, 2.24) is 4.98 Å². The van der Waals surface area contributed by atoms with Gasteiger partial charge in [-0.3, -0.25) is 4.79 Å². The van der Waals surface area contributed by atoms with E-state index < -0.39 is 0 Å². The van der Waals surface area contributed by atoms with Crippen molar-refractivity contribution in [3.8, 4) is 5.75 Å². The van der Waals surface area contributed by atoms with Gasteiger partial charge in [0.05, 0.1) is 11.6 Å². The molecule has 0 bridgehead atoms. The van der Waals surface area contributed by atoms with Gasteiger partial charge in [0.25, 0.3) is 0 Å². The Morgan fingerprint density at radius 3 is 2.88 bits per heavy atom. The third kappa shape index (κ3) is 3.75. The fourth-order valence-electron chi connectivity index (χ4n) is 2.87. The molecule has 1 aliphatic rings. The molecule has 5 nitrogen and oxygen atoms in total. The fourth-order valence-corrected chi connectivity index (χ4v) is 3.46. The van der Waals surface area contributed by atoms with Crippen LogP contribution in [-0.2, 0) is 11.2 Å². The number of benzene rings is 2. The third-order valence-electron chi connectivity index (χ3n) is 4.47. The van der Waals surface area contributed by atoms with Crippen LogP contribution in [-0.4, -0.2) is 18.0 Å². The molecule has 2 aromatic carbocycles. The molecule has 0 radical (unpaired) electrons. The molecule has 0 spiro atoms. The van der Waals surface area contributed by atoms with Gasteiger partial charge in [-0.1, -0.05) is 6.07 Å². The average Bonchev–Trinajstić information content (AvgIpc) is 3.40. The monoisotopic (exact) mass is 414 g/mol. The molecule has 1 aliphatic carbocycles. The summed E-state index contributed by atoms with van der Waals surface area (Å²) in [7, 11) is 1.63. The summed E-state index contributed by atoms with van der Waals surface area (Å²) >= 11 is 3.47. The number of aromatic nitrogens is 1. The number of oxazole rings is 1. The minimum Gasteiger partial charge on any atom is -0.496 e. The van der Waals surface area contributed by atoms with Crippen molar-refractivity contribution in [1.29, 1.82) is 0 Å². The van der Waals surface area contributed by atoms with Crippen LogP contribution in [0.5, 0.6) is 5.75 Å². The van der Waals surface area contributed by atoms with Gasteiger partial charge in [0.1, 0.15) is 11.3 Å². The molecule has 0 aliphatic heterocycles.